The molecule has 96 heavy (non-hydrogen) atoms. The van der Waals surface area contributed by atoms with Crippen molar-refractivity contribution in [1.82, 2.24) is 60.5 Å². The lowest BCUT2D eigenvalue weighted by Crippen LogP contribution is -2.64. The molecule has 2 heterocycles. The minimum Gasteiger partial charge on any atom is -0.390 e. The summed E-state index contributed by atoms with van der Waals surface area (Å²) in [6.45, 7) is 35.5. The molecule has 2 aliphatic heterocycles. The molecule has 0 saturated carbocycles. The Labute approximate surface area is 574 Å². The second kappa shape index (κ2) is 39.4. The summed E-state index contributed by atoms with van der Waals surface area (Å²) >= 11 is 0. The van der Waals surface area contributed by atoms with E-state index >= 15 is 28.8 Å². The minimum absolute atomic E-state index is 0.00899. The largest absolute Gasteiger partial charge is 0.390 e. The smallest absolute Gasteiger partial charge is 0.246 e. The molecule has 0 aliphatic carbocycles. The zero-order valence-corrected chi connectivity index (χ0v) is 63.2. The SMILES string of the molecule is C/C=C/C[C@@H](C)[C@@H](O)[C@H]1C(=O)N[C@@H](CC)C(=O)N(C)[C@H](C)C(=O)N(C)[C@@H]([C@H](C)COCCN2C[C@@H](C)OC[C@H]2C)C(=O)N[C@@H](C(C)C)C(=O)N(C)[C@@H](CC(C)C)C(=O)N[C@@H](C)C(=O)N[C@H](C)C(=O)N(C)[C@@H](CC(C)C)C(=O)N(C)[C@@H](CC(C)C)C(=O)N(C)[C@@H](C(C)C)C(=O)N1C. The molecule has 550 valence electrons. The van der Waals surface area contributed by atoms with Gasteiger partial charge in [-0.25, -0.2) is 0 Å². The van der Waals surface area contributed by atoms with Crippen molar-refractivity contribution < 1.29 is 67.3 Å². The lowest BCUT2D eigenvalue weighted by molar-refractivity contribution is -0.157. The fourth-order valence-corrected chi connectivity index (χ4v) is 12.6. The van der Waals surface area contributed by atoms with Crippen LogP contribution in [0.5, 0.6) is 0 Å². The van der Waals surface area contributed by atoms with E-state index in [4.69, 9.17) is 9.47 Å². The highest BCUT2D eigenvalue weighted by Crippen LogP contribution is 2.26. The van der Waals surface area contributed by atoms with Crippen LogP contribution in [0, 0.1) is 41.4 Å². The predicted molar refractivity (Wildman–Crippen MR) is 370 cm³/mol. The van der Waals surface area contributed by atoms with Gasteiger partial charge in [-0.3, -0.25) is 57.6 Å². The number of rotatable bonds is 19. The third-order valence-electron chi connectivity index (χ3n) is 19.0. The van der Waals surface area contributed by atoms with E-state index in [9.17, 15) is 29.1 Å². The Morgan fingerprint density at radius 3 is 1.51 bits per heavy atom. The lowest BCUT2D eigenvalue weighted by Gasteiger charge is -2.41. The van der Waals surface area contributed by atoms with Gasteiger partial charge in [-0.1, -0.05) is 102 Å². The number of allylic oxidation sites excluding steroid dienone is 2. The number of nitrogens with one attached hydrogen (secondary N) is 4. The summed E-state index contributed by atoms with van der Waals surface area (Å²) in [5.74, 6) is -10.7. The molecule has 0 unspecified atom stereocenters. The van der Waals surface area contributed by atoms with Gasteiger partial charge in [0.05, 0.1) is 32.0 Å². The van der Waals surface area contributed by atoms with E-state index in [0.717, 1.165) is 9.80 Å². The summed E-state index contributed by atoms with van der Waals surface area (Å²) in [5, 5.41) is 23.4. The normalized spacial score (nSPS) is 29.0. The topological polar surface area (TPSA) is 300 Å². The Morgan fingerprint density at radius 1 is 0.521 bits per heavy atom. The average Bonchev–Trinajstić information content (AvgIpc) is 0.810. The van der Waals surface area contributed by atoms with Crippen molar-refractivity contribution in [2.45, 2.75) is 248 Å². The van der Waals surface area contributed by atoms with E-state index in [-0.39, 0.29) is 68.8 Å². The molecule has 2 fully saturated rings. The first-order valence-electron chi connectivity index (χ1n) is 34.8. The van der Waals surface area contributed by atoms with E-state index < -0.39 is 161 Å². The summed E-state index contributed by atoms with van der Waals surface area (Å²) in [7, 11) is 9.94. The first-order chi connectivity index (χ1) is 44.5. The van der Waals surface area contributed by atoms with Crippen molar-refractivity contribution in [2.24, 2.45) is 41.4 Å². The van der Waals surface area contributed by atoms with Gasteiger partial charge in [-0.2, -0.15) is 0 Å². The Balaban J connectivity index is 3.03. The second-order valence-electron chi connectivity index (χ2n) is 29.3. The number of amides is 11. The molecule has 0 aromatic heterocycles. The first-order valence-corrected chi connectivity index (χ1v) is 34.8. The molecular weight excluding hydrogens is 1230 g/mol. The molecule has 5 N–H and O–H groups in total. The molecule has 0 aromatic rings. The van der Waals surface area contributed by atoms with E-state index in [1.165, 1.54) is 94.6 Å². The monoisotopic (exact) mass is 1360 g/mol. The maximum Gasteiger partial charge on any atom is 0.246 e. The molecule has 16 atom stereocenters. The number of carbonyl (C=O) groups is 11. The Hall–Kier alpha value is -6.25. The van der Waals surface area contributed by atoms with Gasteiger partial charge < -0.3 is 70.1 Å². The van der Waals surface area contributed by atoms with E-state index in [0.29, 0.717) is 26.1 Å². The van der Waals surface area contributed by atoms with Crippen molar-refractivity contribution >= 4 is 65.0 Å². The molecule has 2 rings (SSSR count). The number of ether oxygens (including phenoxy) is 2. The lowest BCUT2D eigenvalue weighted by atomic mass is 9.91. The molecule has 2 aliphatic rings. The molecule has 0 radical (unpaired) electrons. The third-order valence-corrected chi connectivity index (χ3v) is 19.0. The van der Waals surface area contributed by atoms with Crippen LogP contribution in [0.15, 0.2) is 12.2 Å². The maximum atomic E-state index is 15.3. The number of likely N-dealkylation sites (N-methyl/N-ethyl adjacent to an activating group) is 7. The van der Waals surface area contributed by atoms with Crippen LogP contribution >= 0.6 is 0 Å². The molecule has 0 spiro atoms. The average molecular weight is 1360 g/mol. The Bertz CT molecular complexity index is 2640. The molecule has 2 saturated heterocycles. The van der Waals surface area contributed by atoms with Crippen LogP contribution in [0.4, 0.5) is 0 Å². The van der Waals surface area contributed by atoms with Gasteiger partial charge in [0, 0.05) is 74.4 Å². The molecular formula is C70H126N12O14. The van der Waals surface area contributed by atoms with Crippen molar-refractivity contribution in [2.75, 3.05) is 82.2 Å². The Morgan fingerprint density at radius 2 is 1.00 bits per heavy atom. The van der Waals surface area contributed by atoms with Crippen LogP contribution in [0.2, 0.25) is 0 Å². The fraction of sp³-hybridized carbons (Fsp3) is 0.814. The highest BCUT2D eigenvalue weighted by atomic mass is 16.5. The van der Waals surface area contributed by atoms with Crippen LogP contribution in [0.25, 0.3) is 0 Å². The van der Waals surface area contributed by atoms with Crippen molar-refractivity contribution in [3.05, 3.63) is 12.2 Å². The van der Waals surface area contributed by atoms with Crippen LogP contribution < -0.4 is 21.3 Å². The standard InChI is InChI=1S/C70H126N12O14/c1-27-29-30-44(13)59(83)58-63(87)73-51(28-2)66(90)75(20)50(19)65(89)80(25)57(45(14)37-95-32-31-82-36-47(16)96-38-46(82)15)62(86)74-55(42(9)10)69(93)76(21)52(33-39(3)4)61(85)71-48(17)60(84)72-49(18)64(88)77(22)53(34-40(5)6)67(91)78(23)54(35-41(7)8)68(92)79(24)56(43(11)12)70(94)81(58)26/h27,29,39-59,83H,28,30-38H2,1-26H3,(H,71,85)(H,72,84)(H,73,87)(H,74,86)/b29-27+/t44-,45-,46-,47-,48+,49-,50-,51+,52+,53+,54+,55+,56+,57+,58+,59-/m1/s1. The molecule has 11 amide bonds. The van der Waals surface area contributed by atoms with Crippen molar-refractivity contribution in [3.63, 3.8) is 0 Å². The summed E-state index contributed by atoms with van der Waals surface area (Å²) in [6.07, 6.45) is 2.79. The minimum atomic E-state index is -1.64. The number of aliphatic hydroxyl groups excluding tert-OH is 1. The number of carbonyl (C=O) groups excluding carboxylic acids is 11. The van der Waals surface area contributed by atoms with Gasteiger partial charge in [0.15, 0.2) is 0 Å². The quantitative estimate of drug-likeness (QED) is 0.0915. The highest BCUT2D eigenvalue weighted by Gasteiger charge is 2.46. The number of hydrogen-bond donors (Lipinski definition) is 5. The fourth-order valence-electron chi connectivity index (χ4n) is 12.6. The van der Waals surface area contributed by atoms with Crippen LogP contribution in [0.1, 0.15) is 164 Å². The van der Waals surface area contributed by atoms with Crippen LogP contribution in [-0.2, 0) is 62.2 Å². The summed E-state index contributed by atoms with van der Waals surface area (Å²) < 4.78 is 12.1. The van der Waals surface area contributed by atoms with Gasteiger partial charge in [-0.15, -0.1) is 0 Å². The summed E-state index contributed by atoms with van der Waals surface area (Å²) in [6, 6.07) is -14.0. The van der Waals surface area contributed by atoms with Gasteiger partial charge in [-0.05, 0) is 109 Å². The van der Waals surface area contributed by atoms with Gasteiger partial charge in [0.1, 0.15) is 66.5 Å². The van der Waals surface area contributed by atoms with Crippen molar-refractivity contribution in [3.8, 4) is 0 Å². The van der Waals surface area contributed by atoms with E-state index in [1.54, 1.807) is 61.5 Å². The number of hydrogen-bond acceptors (Lipinski definition) is 15. The molecule has 26 nitrogen and oxygen atoms in total. The van der Waals surface area contributed by atoms with E-state index in [2.05, 4.69) is 33.1 Å². The second-order valence-corrected chi connectivity index (χ2v) is 29.3. The number of aliphatic hydroxyl groups is 1. The van der Waals surface area contributed by atoms with Gasteiger partial charge in [0.25, 0.3) is 0 Å². The van der Waals surface area contributed by atoms with Crippen LogP contribution in [-0.4, -0.2) is 276 Å². The predicted octanol–water partition coefficient (Wildman–Crippen LogP) is 3.37. The summed E-state index contributed by atoms with van der Waals surface area (Å²) in [5.41, 5.74) is 0. The van der Waals surface area contributed by atoms with E-state index in [1.807, 2.05) is 54.5 Å². The van der Waals surface area contributed by atoms with Gasteiger partial charge in [0.2, 0.25) is 65.0 Å². The molecule has 26 heteroatoms. The van der Waals surface area contributed by atoms with Crippen LogP contribution in [0.3, 0.4) is 0 Å². The van der Waals surface area contributed by atoms with Crippen molar-refractivity contribution in [1.29, 1.82) is 0 Å². The zero-order chi connectivity index (χ0) is 73.8. The highest BCUT2D eigenvalue weighted by molar-refractivity contribution is 6.00. The number of nitrogens with zero attached hydrogens (tertiary/aromatic N) is 8. The third kappa shape index (κ3) is 23.5. The molecule has 0 aromatic carbocycles. The number of morpholine rings is 1. The molecule has 0 bridgehead atoms. The summed E-state index contributed by atoms with van der Waals surface area (Å²) in [4.78, 5) is 174. The first kappa shape index (κ1) is 85.8. The van der Waals surface area contributed by atoms with Gasteiger partial charge >= 0.3 is 0 Å². The maximum absolute atomic E-state index is 15.3. The zero-order valence-electron chi connectivity index (χ0n) is 63.2. The Kier molecular flexibility index (Phi) is 35.2.